The molecule has 1 aromatic carbocycles. The predicted octanol–water partition coefficient (Wildman–Crippen LogP) is 5.10. The van der Waals surface area contributed by atoms with Crippen LogP contribution in [-0.4, -0.2) is 36.6 Å². The van der Waals surface area contributed by atoms with Gasteiger partial charge in [0.2, 0.25) is 0 Å². The molecule has 152 valence electrons. The Morgan fingerprint density at radius 2 is 1.18 bits per heavy atom. The normalized spacial score (nSPS) is 25.4. The van der Waals surface area contributed by atoms with Gasteiger partial charge in [0.15, 0.2) is 0 Å². The molecule has 3 rings (SSSR count). The monoisotopic (exact) mass is 384 g/mol. The van der Waals surface area contributed by atoms with Crippen molar-refractivity contribution in [3.63, 3.8) is 0 Å². The summed E-state index contributed by atoms with van der Waals surface area (Å²) in [7, 11) is -0.758. The third-order valence-electron chi connectivity index (χ3n) is 6.69. The first kappa shape index (κ1) is 21.6. The number of hydrogen-bond donors (Lipinski definition) is 0. The lowest BCUT2D eigenvalue weighted by molar-refractivity contribution is 0.00578. The maximum absolute atomic E-state index is 6.33. The lowest BCUT2D eigenvalue weighted by atomic mass is 9.65. The molecule has 2 heterocycles. The molecule has 0 saturated carbocycles. The smallest absolute Gasteiger partial charge is 0.403 e. The third kappa shape index (κ3) is 4.11. The summed E-state index contributed by atoms with van der Waals surface area (Å²) >= 11 is 0. The summed E-state index contributed by atoms with van der Waals surface area (Å²) in [6.45, 7) is 18.7. The van der Waals surface area contributed by atoms with Crippen LogP contribution >= 0.6 is 0 Å². The van der Waals surface area contributed by atoms with Crippen LogP contribution in [0.2, 0.25) is 6.32 Å². The molecule has 4 nitrogen and oxygen atoms in total. The van der Waals surface area contributed by atoms with E-state index in [9.17, 15) is 0 Å². The van der Waals surface area contributed by atoms with Crippen LogP contribution in [0.4, 0.5) is 0 Å². The molecule has 6 heteroatoms. The van der Waals surface area contributed by atoms with Crippen molar-refractivity contribution < 1.29 is 18.6 Å². The molecule has 0 aromatic heterocycles. The summed E-state index contributed by atoms with van der Waals surface area (Å²) in [6, 6.07) is 8.46. The molecular formula is C22H34B2O4. The summed E-state index contributed by atoms with van der Waals surface area (Å²) in [5, 5.41) is 0. The maximum Gasteiger partial charge on any atom is 0.490 e. The lowest BCUT2D eigenvalue weighted by Crippen LogP contribution is -2.41. The second-order valence-corrected chi connectivity index (χ2v) is 10.1. The van der Waals surface area contributed by atoms with Crippen molar-refractivity contribution in [1.82, 2.24) is 0 Å². The van der Waals surface area contributed by atoms with Crippen LogP contribution in [0.1, 0.15) is 66.5 Å². The molecule has 0 unspecified atom stereocenters. The predicted molar refractivity (Wildman–Crippen MR) is 116 cm³/mol. The molecule has 1 aromatic rings. The van der Waals surface area contributed by atoms with Gasteiger partial charge >= 0.3 is 14.2 Å². The molecule has 0 amide bonds. The second-order valence-electron chi connectivity index (χ2n) is 10.1. The number of benzene rings is 1. The molecule has 2 fully saturated rings. The van der Waals surface area contributed by atoms with Gasteiger partial charge in [0.25, 0.3) is 0 Å². The zero-order chi connectivity index (χ0) is 21.0. The summed E-state index contributed by atoms with van der Waals surface area (Å²) in [6.07, 6.45) is 2.74. The van der Waals surface area contributed by atoms with E-state index in [0.29, 0.717) is 6.32 Å². The summed E-state index contributed by atoms with van der Waals surface area (Å²) < 4.78 is 25.2. The Hall–Kier alpha value is -1.07. The van der Waals surface area contributed by atoms with Crippen molar-refractivity contribution in [2.75, 3.05) is 0 Å². The van der Waals surface area contributed by atoms with Gasteiger partial charge in [-0.2, -0.15) is 0 Å². The van der Waals surface area contributed by atoms with E-state index in [1.165, 1.54) is 5.56 Å². The van der Waals surface area contributed by atoms with Crippen LogP contribution in [0, 0.1) is 6.92 Å². The van der Waals surface area contributed by atoms with Crippen molar-refractivity contribution in [3.05, 3.63) is 40.9 Å². The number of rotatable bonds is 4. The summed E-state index contributed by atoms with van der Waals surface area (Å²) in [4.78, 5) is 0. The van der Waals surface area contributed by atoms with E-state index in [0.717, 1.165) is 11.0 Å². The van der Waals surface area contributed by atoms with E-state index in [4.69, 9.17) is 18.6 Å². The topological polar surface area (TPSA) is 36.9 Å². The van der Waals surface area contributed by atoms with E-state index >= 15 is 0 Å². The Kier molecular flexibility index (Phi) is 5.42. The number of allylic oxidation sites excluding steroid dienone is 1. The van der Waals surface area contributed by atoms with Crippen LogP contribution in [-0.2, 0) is 18.6 Å². The number of aryl methyl sites for hydroxylation is 1. The minimum absolute atomic E-state index is 0.333. The number of hydrogen-bond acceptors (Lipinski definition) is 4. The largest absolute Gasteiger partial charge is 0.490 e. The molecule has 2 saturated heterocycles. The fourth-order valence-corrected chi connectivity index (χ4v) is 3.34. The first-order chi connectivity index (χ1) is 12.7. The molecule has 2 aliphatic heterocycles. The van der Waals surface area contributed by atoms with Gasteiger partial charge < -0.3 is 18.6 Å². The van der Waals surface area contributed by atoms with Gasteiger partial charge in [0, 0.05) is 6.32 Å². The first-order valence-electron chi connectivity index (χ1n) is 10.2. The van der Waals surface area contributed by atoms with Crippen molar-refractivity contribution in [3.8, 4) is 0 Å². The summed E-state index contributed by atoms with van der Waals surface area (Å²) in [5.74, 6) is 0. The van der Waals surface area contributed by atoms with E-state index < -0.39 is 7.12 Å². The van der Waals surface area contributed by atoms with E-state index in [2.05, 4.69) is 92.7 Å². The van der Waals surface area contributed by atoms with E-state index in [-0.39, 0.29) is 29.5 Å². The molecule has 0 atom stereocenters. The van der Waals surface area contributed by atoms with Crippen molar-refractivity contribution in [2.24, 2.45) is 0 Å². The average molecular weight is 384 g/mol. The highest BCUT2D eigenvalue weighted by molar-refractivity contribution is 6.60. The molecule has 0 bridgehead atoms. The van der Waals surface area contributed by atoms with Gasteiger partial charge in [-0.1, -0.05) is 35.9 Å². The Morgan fingerprint density at radius 3 is 1.64 bits per heavy atom. The standard InChI is InChI=1S/C22H34B2O4/c1-16-10-12-17(13-11-16)14-18(24-27-21(6,7)22(8,9)28-24)15-23-25-19(2,3)20(4,5)26-23/h10-14H,15H2,1-9H3/b18-14+. The zero-order valence-electron chi connectivity index (χ0n) is 18.9. The fraction of sp³-hybridized carbons (Fsp3) is 0.636. The first-order valence-corrected chi connectivity index (χ1v) is 10.2. The lowest BCUT2D eigenvalue weighted by Gasteiger charge is -2.32. The third-order valence-corrected chi connectivity index (χ3v) is 6.69. The van der Waals surface area contributed by atoms with Crippen molar-refractivity contribution in [2.45, 2.75) is 91.0 Å². The van der Waals surface area contributed by atoms with Gasteiger partial charge in [-0.25, -0.2) is 0 Å². The molecule has 0 spiro atoms. The van der Waals surface area contributed by atoms with Crippen molar-refractivity contribution in [1.29, 1.82) is 0 Å². The van der Waals surface area contributed by atoms with Gasteiger partial charge in [0.05, 0.1) is 22.4 Å². The highest BCUT2D eigenvalue weighted by Gasteiger charge is 2.55. The molecule has 0 aliphatic carbocycles. The van der Waals surface area contributed by atoms with E-state index in [1.54, 1.807) is 0 Å². The SMILES string of the molecule is Cc1ccc(/C=C(\CB2OC(C)(C)C(C)(C)O2)B2OC(C)(C)C(C)(C)O2)cc1. The van der Waals surface area contributed by atoms with Gasteiger partial charge in [-0.05, 0) is 73.3 Å². The average Bonchev–Trinajstić information content (AvgIpc) is 2.88. The van der Waals surface area contributed by atoms with Crippen LogP contribution in [0.5, 0.6) is 0 Å². The molecule has 28 heavy (non-hydrogen) atoms. The fourth-order valence-electron chi connectivity index (χ4n) is 3.34. The van der Waals surface area contributed by atoms with Gasteiger partial charge in [-0.3, -0.25) is 0 Å². The quantitative estimate of drug-likeness (QED) is 0.677. The Balaban J connectivity index is 1.89. The molecular weight excluding hydrogens is 350 g/mol. The maximum atomic E-state index is 6.33. The van der Waals surface area contributed by atoms with Crippen LogP contribution in [0.15, 0.2) is 29.7 Å². The Bertz CT molecular complexity index is 718. The Morgan fingerprint density at radius 1 is 0.750 bits per heavy atom. The van der Waals surface area contributed by atoms with Crippen molar-refractivity contribution >= 4 is 20.3 Å². The molecule has 0 radical (unpaired) electrons. The molecule has 0 N–H and O–H groups in total. The van der Waals surface area contributed by atoms with Gasteiger partial charge in [0.1, 0.15) is 0 Å². The highest BCUT2D eigenvalue weighted by atomic mass is 16.7. The molecule has 2 aliphatic rings. The Labute approximate surface area is 171 Å². The zero-order valence-corrected chi connectivity index (χ0v) is 18.9. The minimum atomic E-state index is -0.426. The van der Waals surface area contributed by atoms with Crippen LogP contribution < -0.4 is 0 Å². The van der Waals surface area contributed by atoms with Gasteiger partial charge in [-0.15, -0.1) is 0 Å². The van der Waals surface area contributed by atoms with Crippen LogP contribution in [0.25, 0.3) is 6.08 Å². The van der Waals surface area contributed by atoms with E-state index in [1.807, 2.05) is 0 Å². The highest BCUT2D eigenvalue weighted by Crippen LogP contribution is 2.42. The van der Waals surface area contributed by atoms with Crippen LogP contribution in [0.3, 0.4) is 0 Å². The summed E-state index contributed by atoms with van der Waals surface area (Å²) in [5.41, 5.74) is 1.89. The second kappa shape index (κ2) is 7.02. The minimum Gasteiger partial charge on any atom is -0.403 e.